The van der Waals surface area contributed by atoms with Crippen LogP contribution in [0.4, 0.5) is 5.69 Å². The van der Waals surface area contributed by atoms with E-state index in [-0.39, 0.29) is 11.7 Å². The average Bonchev–Trinajstić information content (AvgIpc) is 3.30. The Morgan fingerprint density at radius 2 is 1.60 bits per heavy atom. The Bertz CT molecular complexity index is 1280. The largest absolute Gasteiger partial charge is 0.497 e. The predicted octanol–water partition coefficient (Wildman–Crippen LogP) is 4.61. The molecule has 0 radical (unpaired) electrons. The van der Waals surface area contributed by atoms with Crippen molar-refractivity contribution in [2.75, 3.05) is 32.4 Å². The van der Waals surface area contributed by atoms with Gasteiger partial charge in [0, 0.05) is 18.2 Å². The number of thioether (sulfide) groups is 1. The summed E-state index contributed by atoms with van der Waals surface area (Å²) in [6.07, 6.45) is 0.607. The van der Waals surface area contributed by atoms with Crippen LogP contribution in [-0.4, -0.2) is 47.8 Å². The van der Waals surface area contributed by atoms with Crippen molar-refractivity contribution in [3.05, 3.63) is 84.2 Å². The lowest BCUT2D eigenvalue weighted by molar-refractivity contribution is -0.113. The normalized spacial score (nSPS) is 10.6. The van der Waals surface area contributed by atoms with Crippen LogP contribution in [0.3, 0.4) is 0 Å². The number of rotatable bonds is 10. The van der Waals surface area contributed by atoms with Gasteiger partial charge in [0.25, 0.3) is 0 Å². The van der Waals surface area contributed by atoms with Crippen LogP contribution in [0.1, 0.15) is 11.4 Å². The van der Waals surface area contributed by atoms with Crippen LogP contribution in [0, 0.1) is 0 Å². The predicted molar refractivity (Wildman–Crippen MR) is 136 cm³/mol. The molecule has 1 N–H and O–H groups in total. The van der Waals surface area contributed by atoms with E-state index in [4.69, 9.17) is 14.2 Å². The summed E-state index contributed by atoms with van der Waals surface area (Å²) in [5.74, 6) is 2.67. The molecule has 0 unspecified atom stereocenters. The summed E-state index contributed by atoms with van der Waals surface area (Å²) in [6.45, 7) is 0. The third-order valence-corrected chi connectivity index (χ3v) is 6.18. The Morgan fingerprint density at radius 3 is 2.29 bits per heavy atom. The molecule has 0 spiro atoms. The molecule has 0 saturated carbocycles. The molecule has 1 heterocycles. The lowest BCUT2D eigenvalue weighted by Crippen LogP contribution is -2.15. The van der Waals surface area contributed by atoms with Crippen molar-refractivity contribution in [1.82, 2.24) is 14.8 Å². The van der Waals surface area contributed by atoms with Crippen molar-refractivity contribution >= 4 is 23.4 Å². The highest BCUT2D eigenvalue weighted by molar-refractivity contribution is 7.99. The van der Waals surface area contributed by atoms with Crippen LogP contribution >= 0.6 is 11.8 Å². The van der Waals surface area contributed by atoms with Crippen LogP contribution in [-0.2, 0) is 11.2 Å². The van der Waals surface area contributed by atoms with Crippen LogP contribution < -0.4 is 19.5 Å². The topological polar surface area (TPSA) is 87.5 Å². The molecule has 0 atom stereocenters. The second-order valence-corrected chi connectivity index (χ2v) is 8.44. The molecule has 0 aliphatic heterocycles. The highest BCUT2D eigenvalue weighted by Crippen LogP contribution is 2.30. The number of carbonyl (C=O) groups is 1. The summed E-state index contributed by atoms with van der Waals surface area (Å²) < 4.78 is 17.8. The van der Waals surface area contributed by atoms with Gasteiger partial charge in [0.05, 0.1) is 32.8 Å². The Balaban J connectivity index is 1.54. The first-order valence-electron chi connectivity index (χ1n) is 10.9. The van der Waals surface area contributed by atoms with Crippen molar-refractivity contribution in [2.24, 2.45) is 0 Å². The first-order valence-corrected chi connectivity index (χ1v) is 11.9. The molecule has 1 amide bonds. The fourth-order valence-corrected chi connectivity index (χ4v) is 4.27. The van der Waals surface area contributed by atoms with E-state index in [2.05, 4.69) is 27.6 Å². The van der Waals surface area contributed by atoms with E-state index in [9.17, 15) is 4.79 Å². The van der Waals surface area contributed by atoms with E-state index >= 15 is 0 Å². The quantitative estimate of drug-likeness (QED) is 0.325. The maximum absolute atomic E-state index is 12.7. The number of nitrogens with zero attached hydrogens (tertiary/aromatic N) is 3. The molecule has 0 bridgehead atoms. The van der Waals surface area contributed by atoms with Crippen molar-refractivity contribution in [3.8, 4) is 22.9 Å². The Labute approximate surface area is 208 Å². The standard InChI is InChI=1S/C26H26N4O4S/c1-32-20-11-9-19(10-12-20)30-24(15-18-7-5-4-6-8-18)28-29-26(30)35-17-25(31)27-22-14-13-21(33-2)16-23(22)34-3/h4-14,16H,15,17H2,1-3H3,(H,27,31). The van der Waals surface area contributed by atoms with Gasteiger partial charge in [0.1, 0.15) is 23.1 Å². The molecule has 35 heavy (non-hydrogen) atoms. The molecule has 0 aliphatic carbocycles. The molecule has 4 aromatic rings. The van der Waals surface area contributed by atoms with Gasteiger partial charge in [-0.05, 0) is 42.0 Å². The zero-order chi connectivity index (χ0) is 24.6. The summed E-state index contributed by atoms with van der Waals surface area (Å²) in [7, 11) is 4.76. The number of benzene rings is 3. The molecule has 0 saturated heterocycles. The van der Waals surface area contributed by atoms with E-state index in [0.29, 0.717) is 28.8 Å². The number of hydrogen-bond donors (Lipinski definition) is 1. The fourth-order valence-electron chi connectivity index (χ4n) is 3.50. The number of nitrogens with one attached hydrogen (secondary N) is 1. The Hall–Kier alpha value is -3.98. The van der Waals surface area contributed by atoms with E-state index in [1.54, 1.807) is 39.5 Å². The van der Waals surface area contributed by atoms with Gasteiger partial charge in [-0.3, -0.25) is 9.36 Å². The third kappa shape index (κ3) is 5.93. The van der Waals surface area contributed by atoms with Gasteiger partial charge in [-0.2, -0.15) is 0 Å². The van der Waals surface area contributed by atoms with Gasteiger partial charge in [-0.1, -0.05) is 42.1 Å². The second kappa shape index (κ2) is 11.4. The molecule has 180 valence electrons. The summed E-state index contributed by atoms with van der Waals surface area (Å²) in [4.78, 5) is 12.7. The number of aromatic nitrogens is 3. The van der Waals surface area contributed by atoms with Crippen LogP contribution in [0.25, 0.3) is 5.69 Å². The lowest BCUT2D eigenvalue weighted by Gasteiger charge is -2.12. The summed E-state index contributed by atoms with van der Waals surface area (Å²) in [6, 6.07) is 23.0. The average molecular weight is 491 g/mol. The van der Waals surface area contributed by atoms with E-state index in [1.165, 1.54) is 11.8 Å². The van der Waals surface area contributed by atoms with Crippen molar-refractivity contribution < 1.29 is 19.0 Å². The zero-order valence-corrected chi connectivity index (χ0v) is 20.5. The van der Waals surface area contributed by atoms with Gasteiger partial charge in [-0.25, -0.2) is 0 Å². The van der Waals surface area contributed by atoms with E-state index in [0.717, 1.165) is 22.8 Å². The highest BCUT2D eigenvalue weighted by atomic mass is 32.2. The van der Waals surface area contributed by atoms with Crippen molar-refractivity contribution in [1.29, 1.82) is 0 Å². The first-order chi connectivity index (χ1) is 17.1. The molecular weight excluding hydrogens is 464 g/mol. The summed E-state index contributed by atoms with van der Waals surface area (Å²) >= 11 is 1.31. The van der Waals surface area contributed by atoms with Gasteiger partial charge in [-0.15, -0.1) is 10.2 Å². The fraction of sp³-hybridized carbons (Fsp3) is 0.192. The minimum Gasteiger partial charge on any atom is -0.497 e. The van der Waals surface area contributed by atoms with Gasteiger partial charge >= 0.3 is 0 Å². The number of methoxy groups -OCH3 is 3. The van der Waals surface area contributed by atoms with E-state index < -0.39 is 0 Å². The van der Waals surface area contributed by atoms with Crippen molar-refractivity contribution in [2.45, 2.75) is 11.6 Å². The molecule has 1 aromatic heterocycles. The van der Waals surface area contributed by atoms with E-state index in [1.807, 2.05) is 47.0 Å². The minimum atomic E-state index is -0.188. The van der Waals surface area contributed by atoms with Gasteiger partial charge in [0.2, 0.25) is 5.91 Å². The molecule has 3 aromatic carbocycles. The molecule has 9 heteroatoms. The first kappa shape index (κ1) is 24.2. The summed E-state index contributed by atoms with van der Waals surface area (Å²) in [5, 5.41) is 12.3. The van der Waals surface area contributed by atoms with Crippen LogP contribution in [0.15, 0.2) is 78.0 Å². The minimum absolute atomic E-state index is 0.148. The number of hydrogen-bond acceptors (Lipinski definition) is 7. The summed E-state index contributed by atoms with van der Waals surface area (Å²) in [5.41, 5.74) is 2.58. The number of carbonyl (C=O) groups excluding carboxylic acids is 1. The monoisotopic (exact) mass is 490 g/mol. The smallest absolute Gasteiger partial charge is 0.234 e. The second-order valence-electron chi connectivity index (χ2n) is 7.50. The number of ether oxygens (including phenoxy) is 3. The molecule has 8 nitrogen and oxygen atoms in total. The Morgan fingerprint density at radius 1 is 0.886 bits per heavy atom. The van der Waals surface area contributed by atoms with Gasteiger partial charge in [0.15, 0.2) is 5.16 Å². The van der Waals surface area contributed by atoms with Crippen molar-refractivity contribution in [3.63, 3.8) is 0 Å². The molecule has 4 rings (SSSR count). The maximum Gasteiger partial charge on any atom is 0.234 e. The van der Waals surface area contributed by atoms with Crippen LogP contribution in [0.2, 0.25) is 0 Å². The molecule has 0 fully saturated rings. The Kier molecular flexibility index (Phi) is 7.89. The zero-order valence-electron chi connectivity index (χ0n) is 19.7. The van der Waals surface area contributed by atoms with Crippen LogP contribution in [0.5, 0.6) is 17.2 Å². The van der Waals surface area contributed by atoms with Gasteiger partial charge < -0.3 is 19.5 Å². The maximum atomic E-state index is 12.7. The molecular formula is C26H26N4O4S. The number of anilines is 1. The third-order valence-electron chi connectivity index (χ3n) is 5.25. The number of amides is 1. The SMILES string of the molecule is COc1ccc(-n2c(Cc3ccccc3)nnc2SCC(=O)Nc2ccc(OC)cc2OC)cc1. The highest BCUT2D eigenvalue weighted by Gasteiger charge is 2.17. The lowest BCUT2D eigenvalue weighted by atomic mass is 10.1. The molecule has 0 aliphatic rings.